The summed E-state index contributed by atoms with van der Waals surface area (Å²) >= 11 is 0. The average molecular weight is 669 g/mol. The van der Waals surface area contributed by atoms with Crippen LogP contribution in [0.25, 0.3) is 0 Å². The van der Waals surface area contributed by atoms with E-state index in [2.05, 4.69) is 0 Å². The number of fused-ring (bicyclic) bond motifs is 4. The van der Waals surface area contributed by atoms with Crippen LogP contribution in [0.5, 0.6) is 28.7 Å². The molecule has 17 heteroatoms. The molecule has 4 heterocycles. The zero-order valence-corrected chi connectivity index (χ0v) is 25.7. The van der Waals surface area contributed by atoms with E-state index in [9.17, 15) is 29.4 Å². The first-order valence-electron chi connectivity index (χ1n) is 14.5. The second-order valence-corrected chi connectivity index (χ2v) is 12.7. The Bertz CT molecular complexity index is 1530. The van der Waals surface area contributed by atoms with Crippen molar-refractivity contribution >= 4 is 13.8 Å². The van der Waals surface area contributed by atoms with Crippen molar-refractivity contribution in [1.29, 1.82) is 0 Å². The van der Waals surface area contributed by atoms with Gasteiger partial charge in [-0.15, -0.1) is 0 Å². The number of hydrogen-bond donors (Lipinski definition) is 4. The van der Waals surface area contributed by atoms with E-state index in [1.807, 2.05) is 0 Å². The summed E-state index contributed by atoms with van der Waals surface area (Å²) in [7, 11) is -2.40. The van der Waals surface area contributed by atoms with Crippen molar-refractivity contribution < 1.29 is 76.5 Å². The topological polar surface area (TPSA) is 207 Å². The van der Waals surface area contributed by atoms with Crippen molar-refractivity contribution in [1.82, 2.24) is 0 Å². The van der Waals surface area contributed by atoms with Gasteiger partial charge >= 0.3 is 13.8 Å². The quantitative estimate of drug-likeness (QED) is 0.241. The molecule has 46 heavy (non-hydrogen) atoms. The Morgan fingerprint density at radius 3 is 2.22 bits per heavy atom. The molecule has 7 rings (SSSR count). The van der Waals surface area contributed by atoms with Crippen LogP contribution in [0.15, 0.2) is 24.3 Å². The van der Waals surface area contributed by atoms with Crippen molar-refractivity contribution in [2.45, 2.75) is 55.9 Å². The minimum Gasteiger partial charge on any atom is -0.493 e. The highest BCUT2D eigenvalue weighted by Crippen LogP contribution is 2.57. The molecule has 5 aliphatic rings. The summed E-state index contributed by atoms with van der Waals surface area (Å²) in [5, 5.41) is 22.0. The molecule has 10 atom stereocenters. The van der Waals surface area contributed by atoms with Crippen molar-refractivity contribution in [2.24, 2.45) is 11.8 Å². The Morgan fingerprint density at radius 1 is 0.891 bits per heavy atom. The van der Waals surface area contributed by atoms with Crippen LogP contribution in [0, 0.1) is 11.8 Å². The van der Waals surface area contributed by atoms with Gasteiger partial charge in [0.25, 0.3) is 0 Å². The molecule has 0 bridgehead atoms. The number of esters is 1. The predicted molar refractivity (Wildman–Crippen MR) is 149 cm³/mol. The first-order chi connectivity index (χ1) is 22.0. The van der Waals surface area contributed by atoms with Crippen LogP contribution in [-0.2, 0) is 33.0 Å². The Hall–Kier alpha value is -3.18. The molecule has 0 radical (unpaired) electrons. The molecule has 0 saturated carbocycles. The number of rotatable bonds is 7. The maximum atomic E-state index is 13.5. The maximum absolute atomic E-state index is 13.5. The largest absolute Gasteiger partial charge is 0.525 e. The lowest BCUT2D eigenvalue weighted by atomic mass is 9.66. The van der Waals surface area contributed by atoms with Gasteiger partial charge in [0.2, 0.25) is 12.5 Å². The van der Waals surface area contributed by atoms with E-state index in [1.165, 1.54) is 26.4 Å². The summed E-state index contributed by atoms with van der Waals surface area (Å²) in [5.41, 5.74) is 1.65. The van der Waals surface area contributed by atoms with Crippen molar-refractivity contribution in [2.75, 3.05) is 34.2 Å². The molecule has 16 nitrogen and oxygen atoms in total. The third-order valence-corrected chi connectivity index (χ3v) is 9.36. The fourth-order valence-electron chi connectivity index (χ4n) is 6.93. The Labute approximate surface area is 262 Å². The summed E-state index contributed by atoms with van der Waals surface area (Å²) in [6, 6.07) is 6.47. The Kier molecular flexibility index (Phi) is 8.07. The van der Waals surface area contributed by atoms with E-state index < -0.39 is 74.6 Å². The average Bonchev–Trinajstić information content (AvgIpc) is 3.64. The van der Waals surface area contributed by atoms with Gasteiger partial charge in [0, 0.05) is 11.8 Å². The minimum absolute atomic E-state index is 0.0303. The summed E-state index contributed by atoms with van der Waals surface area (Å²) in [6.45, 7) is 1.72. The van der Waals surface area contributed by atoms with Crippen LogP contribution >= 0.6 is 7.82 Å². The fraction of sp³-hybridized carbons (Fsp3) is 0.552. The third kappa shape index (κ3) is 5.37. The van der Waals surface area contributed by atoms with Crippen LogP contribution in [-0.4, -0.2) is 97.2 Å². The number of hydrogen-bond acceptors (Lipinski definition) is 14. The lowest BCUT2D eigenvalue weighted by Crippen LogP contribution is -2.63. The third-order valence-electron chi connectivity index (χ3n) is 8.94. The molecule has 0 spiro atoms. The van der Waals surface area contributed by atoms with Crippen molar-refractivity contribution in [3.05, 3.63) is 41.0 Å². The second-order valence-electron chi connectivity index (χ2n) is 11.6. The molecule has 0 unspecified atom stereocenters. The lowest BCUT2D eigenvalue weighted by Gasteiger charge is -2.47. The van der Waals surface area contributed by atoms with Crippen LogP contribution in [0.1, 0.15) is 35.6 Å². The second kappa shape index (κ2) is 11.8. The SMILES string of the molecule is COc1cc([C@@H]2c3cc4c(cc3[C@@H](O[C@@H]3O[C@H]5CO[C@H](C)O[C@H]5[C@H](O)[C@@H]3O)[C@H]3COC(=O)[C@H]23)OCO4)cc(OC)c1OP(=O)(O)O. The zero-order chi connectivity index (χ0) is 32.5. The first-order valence-corrected chi connectivity index (χ1v) is 16.1. The zero-order valence-electron chi connectivity index (χ0n) is 24.8. The van der Waals surface area contributed by atoms with Gasteiger partial charge in [-0.1, -0.05) is 0 Å². The molecule has 1 aliphatic carbocycles. The number of phosphoric ester groups is 1. The number of carbonyl (C=O) groups is 1. The number of phosphoric acid groups is 1. The standard InChI is InChI=1S/C29H33O16P/c1-11-38-9-20-27(42-11)23(30)24(31)29(43-20)44-25-14-7-17-16(40-10-41-17)6-13(14)21(22-15(25)8-39-28(22)32)12-4-18(36-2)26(19(5-12)37-3)45-46(33,34)35/h4-7,11,15,20-25,27,29-31H,8-10H2,1-3H3,(H2,33,34,35)/t11-,15-,20-,21+,22-,23+,24-,25+,27+,29-/m0/s1. The number of ether oxygens (including phenoxy) is 9. The maximum Gasteiger partial charge on any atom is 0.525 e. The molecule has 4 aliphatic heterocycles. The number of methoxy groups -OCH3 is 2. The number of aliphatic hydroxyl groups is 2. The van der Waals surface area contributed by atoms with E-state index in [4.69, 9.17) is 47.2 Å². The molecule has 2 aromatic carbocycles. The van der Waals surface area contributed by atoms with E-state index >= 15 is 0 Å². The van der Waals surface area contributed by atoms with E-state index in [0.29, 0.717) is 28.2 Å². The molecular weight excluding hydrogens is 635 g/mol. The first kappa shape index (κ1) is 31.4. The molecule has 0 aromatic heterocycles. The minimum atomic E-state index is -5.00. The number of benzene rings is 2. The van der Waals surface area contributed by atoms with Gasteiger partial charge in [-0.3, -0.25) is 14.6 Å². The highest BCUT2D eigenvalue weighted by Gasteiger charge is 2.56. The van der Waals surface area contributed by atoms with Crippen LogP contribution in [0.4, 0.5) is 0 Å². The molecule has 3 fully saturated rings. The molecular formula is C29H33O16P. The normalized spacial score (nSPS) is 34.6. The summed E-state index contributed by atoms with van der Waals surface area (Å²) < 4.78 is 68.1. The molecule has 2 aromatic rings. The fourth-order valence-corrected chi connectivity index (χ4v) is 7.35. The van der Waals surface area contributed by atoms with Gasteiger partial charge < -0.3 is 57.4 Å². The highest BCUT2D eigenvalue weighted by atomic mass is 31.2. The Balaban J connectivity index is 1.32. The van der Waals surface area contributed by atoms with E-state index in [1.54, 1.807) is 19.1 Å². The summed E-state index contributed by atoms with van der Waals surface area (Å²) in [5.74, 6) is -2.25. The Morgan fingerprint density at radius 2 is 1.57 bits per heavy atom. The van der Waals surface area contributed by atoms with Gasteiger partial charge in [-0.25, -0.2) is 4.57 Å². The highest BCUT2D eigenvalue weighted by molar-refractivity contribution is 7.46. The monoisotopic (exact) mass is 668 g/mol. The van der Waals surface area contributed by atoms with E-state index in [0.717, 1.165) is 0 Å². The number of aliphatic hydroxyl groups excluding tert-OH is 2. The van der Waals surface area contributed by atoms with Crippen molar-refractivity contribution in [3.8, 4) is 28.7 Å². The number of carbonyl (C=O) groups excluding carboxylic acids is 1. The van der Waals surface area contributed by atoms with Crippen molar-refractivity contribution in [3.63, 3.8) is 0 Å². The smallest absolute Gasteiger partial charge is 0.493 e. The van der Waals surface area contributed by atoms with Gasteiger partial charge in [0.15, 0.2) is 35.6 Å². The van der Waals surface area contributed by atoms with Crippen LogP contribution < -0.4 is 23.5 Å². The molecule has 3 saturated heterocycles. The van der Waals surface area contributed by atoms with Gasteiger partial charge in [0.1, 0.15) is 24.4 Å². The molecule has 250 valence electrons. The number of cyclic esters (lactones) is 1. The van der Waals surface area contributed by atoms with Crippen LogP contribution in [0.2, 0.25) is 0 Å². The van der Waals surface area contributed by atoms with E-state index in [-0.39, 0.29) is 37.3 Å². The van der Waals surface area contributed by atoms with Crippen LogP contribution in [0.3, 0.4) is 0 Å². The predicted octanol–water partition coefficient (Wildman–Crippen LogP) is 1.10. The van der Waals surface area contributed by atoms with Gasteiger partial charge in [-0.2, -0.15) is 0 Å². The molecule has 0 amide bonds. The summed E-state index contributed by atoms with van der Waals surface area (Å²) in [4.78, 5) is 32.5. The lowest BCUT2D eigenvalue weighted by molar-refractivity contribution is -0.364. The van der Waals surface area contributed by atoms with Gasteiger partial charge in [-0.05, 0) is 47.9 Å². The van der Waals surface area contributed by atoms with Gasteiger partial charge in [0.05, 0.1) is 39.5 Å². The summed E-state index contributed by atoms with van der Waals surface area (Å²) in [6.07, 6.45) is -7.18. The molecule has 4 N–H and O–H groups in total.